The van der Waals surface area contributed by atoms with Crippen molar-refractivity contribution in [2.45, 2.75) is 27.2 Å². The van der Waals surface area contributed by atoms with Gasteiger partial charge in [-0.25, -0.2) is 0 Å². The number of nitrogens with one attached hydrogen (secondary N) is 1. The Morgan fingerprint density at radius 1 is 1.12 bits per heavy atom. The van der Waals surface area contributed by atoms with Crippen LogP contribution >= 0.6 is 22.7 Å². The summed E-state index contributed by atoms with van der Waals surface area (Å²) in [6.07, 6.45) is 0.791. The molecule has 3 N–H and O–H groups in total. The number of anilines is 1. The average Bonchev–Trinajstić information content (AvgIpc) is 3.15. The summed E-state index contributed by atoms with van der Waals surface area (Å²) in [5.74, 6) is -0.740. The Morgan fingerprint density at radius 3 is 2.42 bits per heavy atom. The number of hydrogen-bond donors (Lipinski definition) is 2. The number of amides is 2. The minimum Gasteiger partial charge on any atom is -0.365 e. The maximum Gasteiger partial charge on any atom is 0.257 e. The molecule has 134 valence electrons. The number of nitrogens with two attached hydrogens (primary N) is 1. The summed E-state index contributed by atoms with van der Waals surface area (Å²) < 4.78 is 0. The zero-order chi connectivity index (χ0) is 18.8. The number of rotatable bonds is 5. The standard InChI is InChI=1S/C20H20N2O2S2/c1-4-14-11(2)25-10-15(14)19(24)22-20-17(18(21)23)16(12(3)26-20)13-8-6-5-7-9-13/h5-10H,4H2,1-3H3,(H2,21,23)(H,22,24). The number of hydrogen-bond acceptors (Lipinski definition) is 4. The van der Waals surface area contributed by atoms with Crippen LogP contribution in [0, 0.1) is 13.8 Å². The van der Waals surface area contributed by atoms with Crippen LogP contribution < -0.4 is 11.1 Å². The molecule has 0 unspecified atom stereocenters. The van der Waals surface area contributed by atoms with E-state index in [4.69, 9.17) is 5.73 Å². The molecule has 26 heavy (non-hydrogen) atoms. The molecule has 2 aromatic heterocycles. The third-order valence-electron chi connectivity index (χ3n) is 4.32. The Labute approximate surface area is 160 Å². The lowest BCUT2D eigenvalue weighted by Gasteiger charge is -2.07. The summed E-state index contributed by atoms with van der Waals surface area (Å²) in [6.45, 7) is 5.97. The Bertz CT molecular complexity index is 971. The number of carbonyl (C=O) groups is 2. The summed E-state index contributed by atoms with van der Waals surface area (Å²) >= 11 is 2.94. The predicted octanol–water partition coefficient (Wildman–Crippen LogP) is 5.01. The lowest BCUT2D eigenvalue weighted by atomic mass is 10.0. The predicted molar refractivity (Wildman–Crippen MR) is 109 cm³/mol. The molecule has 2 amide bonds. The van der Waals surface area contributed by atoms with Crippen molar-refractivity contribution in [3.05, 3.63) is 62.2 Å². The Morgan fingerprint density at radius 2 is 1.81 bits per heavy atom. The summed E-state index contributed by atoms with van der Waals surface area (Å²) in [7, 11) is 0. The molecule has 2 heterocycles. The third kappa shape index (κ3) is 3.30. The van der Waals surface area contributed by atoms with Crippen LogP contribution in [0.2, 0.25) is 0 Å². The molecule has 0 fully saturated rings. The minimum absolute atomic E-state index is 0.199. The SMILES string of the molecule is CCc1c(C(=O)Nc2sc(C)c(-c3ccccc3)c2C(N)=O)csc1C. The molecule has 0 aliphatic heterocycles. The normalized spacial score (nSPS) is 10.7. The second kappa shape index (κ2) is 7.43. The molecule has 3 aromatic rings. The van der Waals surface area contributed by atoms with E-state index in [2.05, 4.69) is 5.32 Å². The molecule has 0 aliphatic rings. The van der Waals surface area contributed by atoms with Crippen LogP contribution in [0.25, 0.3) is 11.1 Å². The van der Waals surface area contributed by atoms with Crippen LogP contribution in [0.5, 0.6) is 0 Å². The summed E-state index contributed by atoms with van der Waals surface area (Å²) in [6, 6.07) is 9.62. The molecule has 0 radical (unpaired) electrons. The number of benzene rings is 1. The smallest absolute Gasteiger partial charge is 0.257 e. The molecule has 0 aliphatic carbocycles. The van der Waals surface area contributed by atoms with Crippen LogP contribution in [-0.4, -0.2) is 11.8 Å². The molecule has 3 rings (SSSR count). The van der Waals surface area contributed by atoms with Gasteiger partial charge in [0.1, 0.15) is 5.00 Å². The van der Waals surface area contributed by atoms with Crippen molar-refractivity contribution in [3.63, 3.8) is 0 Å². The van der Waals surface area contributed by atoms with Crippen molar-refractivity contribution >= 4 is 39.5 Å². The molecular weight excluding hydrogens is 364 g/mol. The zero-order valence-corrected chi connectivity index (χ0v) is 16.5. The second-order valence-electron chi connectivity index (χ2n) is 5.96. The molecule has 1 aromatic carbocycles. The molecular formula is C20H20N2O2S2. The van der Waals surface area contributed by atoms with Gasteiger partial charge < -0.3 is 11.1 Å². The highest BCUT2D eigenvalue weighted by atomic mass is 32.1. The zero-order valence-electron chi connectivity index (χ0n) is 14.9. The minimum atomic E-state index is -0.541. The maximum atomic E-state index is 12.8. The molecule has 6 heteroatoms. The third-order valence-corrected chi connectivity index (χ3v) is 6.30. The van der Waals surface area contributed by atoms with Gasteiger partial charge in [-0.05, 0) is 31.4 Å². The number of carbonyl (C=O) groups excluding carboxylic acids is 2. The second-order valence-corrected chi connectivity index (χ2v) is 8.27. The average molecular weight is 385 g/mol. The van der Waals surface area contributed by atoms with Crippen LogP contribution in [0.15, 0.2) is 35.7 Å². The molecule has 0 bridgehead atoms. The van der Waals surface area contributed by atoms with E-state index >= 15 is 0 Å². The summed E-state index contributed by atoms with van der Waals surface area (Å²) in [4.78, 5) is 27.0. The van der Waals surface area contributed by atoms with E-state index in [1.807, 2.05) is 56.5 Å². The van der Waals surface area contributed by atoms with Crippen molar-refractivity contribution in [1.82, 2.24) is 0 Å². The van der Waals surface area contributed by atoms with E-state index in [1.165, 1.54) is 11.3 Å². The van der Waals surface area contributed by atoms with Gasteiger partial charge in [-0.1, -0.05) is 37.3 Å². The van der Waals surface area contributed by atoms with Crippen molar-refractivity contribution in [2.24, 2.45) is 5.73 Å². The lowest BCUT2D eigenvalue weighted by molar-refractivity contribution is 0.100. The first-order valence-corrected chi connectivity index (χ1v) is 10.0. The summed E-state index contributed by atoms with van der Waals surface area (Å²) in [5, 5.41) is 5.28. The van der Waals surface area contributed by atoms with Gasteiger partial charge in [0.25, 0.3) is 11.8 Å². The topological polar surface area (TPSA) is 72.2 Å². The van der Waals surface area contributed by atoms with Gasteiger partial charge in [0.15, 0.2) is 0 Å². The Kier molecular flexibility index (Phi) is 5.25. The van der Waals surface area contributed by atoms with Gasteiger partial charge in [-0.2, -0.15) is 0 Å². The van der Waals surface area contributed by atoms with E-state index < -0.39 is 5.91 Å². The van der Waals surface area contributed by atoms with Gasteiger partial charge in [-0.3, -0.25) is 9.59 Å². The maximum absolute atomic E-state index is 12.8. The molecule has 0 spiro atoms. The lowest BCUT2D eigenvalue weighted by Crippen LogP contribution is -2.17. The van der Waals surface area contributed by atoms with Gasteiger partial charge in [0, 0.05) is 20.7 Å². The van der Waals surface area contributed by atoms with Crippen molar-refractivity contribution < 1.29 is 9.59 Å². The first kappa shape index (κ1) is 18.4. The highest BCUT2D eigenvalue weighted by Crippen LogP contribution is 2.40. The molecule has 0 saturated carbocycles. The first-order chi connectivity index (χ1) is 12.4. The highest BCUT2D eigenvalue weighted by Gasteiger charge is 2.24. The fraction of sp³-hybridized carbons (Fsp3) is 0.200. The van der Waals surface area contributed by atoms with Crippen LogP contribution in [0.1, 0.15) is 43.0 Å². The molecule has 0 atom stereocenters. The Hall–Kier alpha value is -2.44. The van der Waals surface area contributed by atoms with Gasteiger partial charge >= 0.3 is 0 Å². The van der Waals surface area contributed by atoms with Gasteiger partial charge in [0.2, 0.25) is 0 Å². The van der Waals surface area contributed by atoms with Crippen LogP contribution in [-0.2, 0) is 6.42 Å². The van der Waals surface area contributed by atoms with Crippen molar-refractivity contribution in [1.29, 1.82) is 0 Å². The van der Waals surface area contributed by atoms with E-state index in [-0.39, 0.29) is 5.91 Å². The Balaban J connectivity index is 2.03. The first-order valence-electron chi connectivity index (χ1n) is 8.31. The van der Waals surface area contributed by atoms with E-state index in [0.717, 1.165) is 32.9 Å². The fourth-order valence-electron chi connectivity index (χ4n) is 3.10. The van der Waals surface area contributed by atoms with Crippen molar-refractivity contribution in [3.8, 4) is 11.1 Å². The van der Waals surface area contributed by atoms with Gasteiger partial charge in [-0.15, -0.1) is 22.7 Å². The number of thiophene rings is 2. The molecule has 4 nitrogen and oxygen atoms in total. The van der Waals surface area contributed by atoms with E-state index in [1.54, 1.807) is 11.3 Å². The monoisotopic (exact) mass is 384 g/mol. The van der Waals surface area contributed by atoms with E-state index in [9.17, 15) is 9.59 Å². The number of primary amides is 1. The highest BCUT2D eigenvalue weighted by molar-refractivity contribution is 7.17. The molecule has 0 saturated heterocycles. The quantitative estimate of drug-likeness (QED) is 0.649. The summed E-state index contributed by atoms with van der Waals surface area (Å²) in [5.41, 5.74) is 9.44. The van der Waals surface area contributed by atoms with E-state index in [0.29, 0.717) is 16.1 Å². The van der Waals surface area contributed by atoms with Crippen molar-refractivity contribution in [2.75, 3.05) is 5.32 Å². The largest absolute Gasteiger partial charge is 0.365 e. The van der Waals surface area contributed by atoms with Gasteiger partial charge in [0.05, 0.1) is 11.1 Å². The van der Waals surface area contributed by atoms with Crippen LogP contribution in [0.4, 0.5) is 5.00 Å². The fourth-order valence-corrected chi connectivity index (χ4v) is 5.12. The van der Waals surface area contributed by atoms with Crippen LogP contribution in [0.3, 0.4) is 0 Å². The number of aryl methyl sites for hydroxylation is 2.